The zero-order chi connectivity index (χ0) is 18.0. The predicted molar refractivity (Wildman–Crippen MR) is 98.9 cm³/mol. The van der Waals surface area contributed by atoms with Gasteiger partial charge in [-0.2, -0.15) is 0 Å². The summed E-state index contributed by atoms with van der Waals surface area (Å²) in [6, 6.07) is 12.0. The third-order valence-electron chi connectivity index (χ3n) is 3.86. The Morgan fingerprint density at radius 3 is 2.60 bits per heavy atom. The average molecular weight is 355 g/mol. The monoisotopic (exact) mass is 354 g/mol. The number of aromatic nitrogens is 2. The maximum absolute atomic E-state index is 12.2. The zero-order valence-electron chi connectivity index (χ0n) is 13.4. The number of carboxylic acids is 1. The largest absolute Gasteiger partial charge is 0.478 e. The van der Waals surface area contributed by atoms with Gasteiger partial charge in [-0.3, -0.25) is 4.79 Å². The van der Waals surface area contributed by atoms with Crippen LogP contribution < -0.4 is 5.56 Å². The SMILES string of the molecule is CCc1ccc(C=C(Cl)c2nc3cc(C(=O)O)ccc3c(=O)[nH]2)cc1. The van der Waals surface area contributed by atoms with Crippen molar-refractivity contribution in [3.63, 3.8) is 0 Å². The van der Waals surface area contributed by atoms with Gasteiger partial charge >= 0.3 is 5.97 Å². The van der Waals surface area contributed by atoms with E-state index in [0.717, 1.165) is 12.0 Å². The Kier molecular flexibility index (Phi) is 4.67. The minimum Gasteiger partial charge on any atom is -0.478 e. The van der Waals surface area contributed by atoms with E-state index >= 15 is 0 Å². The molecule has 2 aromatic carbocycles. The minimum absolute atomic E-state index is 0.0619. The quantitative estimate of drug-likeness (QED) is 0.743. The summed E-state index contributed by atoms with van der Waals surface area (Å²) in [5.74, 6) is -0.885. The Balaban J connectivity index is 2.05. The third kappa shape index (κ3) is 3.61. The van der Waals surface area contributed by atoms with E-state index in [4.69, 9.17) is 16.7 Å². The number of hydrogen-bond donors (Lipinski definition) is 2. The number of carboxylic acid groups (broad SMARTS) is 1. The number of aromatic carboxylic acids is 1. The fourth-order valence-corrected chi connectivity index (χ4v) is 2.67. The lowest BCUT2D eigenvalue weighted by atomic mass is 10.1. The number of fused-ring (bicyclic) bond motifs is 1. The molecule has 0 amide bonds. The first-order valence-electron chi connectivity index (χ1n) is 7.72. The van der Waals surface area contributed by atoms with Crippen LogP contribution in [0.4, 0.5) is 0 Å². The van der Waals surface area contributed by atoms with Crippen molar-refractivity contribution in [1.29, 1.82) is 0 Å². The summed E-state index contributed by atoms with van der Waals surface area (Å²) in [6.07, 6.45) is 2.65. The van der Waals surface area contributed by atoms with Crippen LogP contribution in [-0.2, 0) is 6.42 Å². The van der Waals surface area contributed by atoms with Gasteiger partial charge in [0.25, 0.3) is 5.56 Å². The zero-order valence-corrected chi connectivity index (χ0v) is 14.2. The van der Waals surface area contributed by atoms with Gasteiger partial charge in [0, 0.05) is 0 Å². The Morgan fingerprint density at radius 1 is 1.24 bits per heavy atom. The molecule has 0 saturated heterocycles. The van der Waals surface area contributed by atoms with Crippen molar-refractivity contribution >= 4 is 39.6 Å². The van der Waals surface area contributed by atoms with Crippen molar-refractivity contribution in [3.05, 3.63) is 75.3 Å². The molecule has 126 valence electrons. The molecule has 0 spiro atoms. The number of aryl methyl sites for hydroxylation is 1. The van der Waals surface area contributed by atoms with Gasteiger partial charge in [-0.1, -0.05) is 42.8 Å². The standard InChI is InChI=1S/C19H15ClN2O3/c1-2-11-3-5-12(6-4-11)9-15(20)17-21-16-10-13(19(24)25)7-8-14(16)18(23)22-17/h3-10H,2H2,1H3,(H,24,25)(H,21,22,23). The van der Waals surface area contributed by atoms with Crippen LogP contribution in [0.1, 0.15) is 34.2 Å². The van der Waals surface area contributed by atoms with E-state index in [0.29, 0.717) is 5.39 Å². The van der Waals surface area contributed by atoms with Crippen LogP contribution in [0.25, 0.3) is 22.0 Å². The van der Waals surface area contributed by atoms with E-state index in [9.17, 15) is 9.59 Å². The number of benzene rings is 2. The van der Waals surface area contributed by atoms with E-state index in [2.05, 4.69) is 16.9 Å². The number of aromatic amines is 1. The molecule has 0 atom stereocenters. The van der Waals surface area contributed by atoms with Crippen LogP contribution in [0.3, 0.4) is 0 Å². The van der Waals surface area contributed by atoms with Gasteiger partial charge < -0.3 is 10.1 Å². The van der Waals surface area contributed by atoms with Crippen molar-refractivity contribution in [1.82, 2.24) is 9.97 Å². The number of nitrogens with zero attached hydrogens (tertiary/aromatic N) is 1. The first-order valence-corrected chi connectivity index (χ1v) is 8.09. The van der Waals surface area contributed by atoms with Crippen molar-refractivity contribution in [2.75, 3.05) is 0 Å². The molecule has 0 aliphatic rings. The number of H-pyrrole nitrogens is 1. The number of hydrogen-bond acceptors (Lipinski definition) is 3. The average Bonchev–Trinajstić information content (AvgIpc) is 2.61. The molecule has 0 radical (unpaired) electrons. The van der Waals surface area contributed by atoms with Gasteiger partial charge in [-0.05, 0) is 41.8 Å². The second kappa shape index (κ2) is 6.91. The highest BCUT2D eigenvalue weighted by atomic mass is 35.5. The van der Waals surface area contributed by atoms with E-state index in [1.807, 2.05) is 24.3 Å². The topological polar surface area (TPSA) is 83.0 Å². The molecule has 3 rings (SSSR count). The lowest BCUT2D eigenvalue weighted by Gasteiger charge is -2.04. The smallest absolute Gasteiger partial charge is 0.335 e. The van der Waals surface area contributed by atoms with Crippen LogP contribution in [-0.4, -0.2) is 21.0 Å². The normalized spacial score (nSPS) is 11.7. The molecule has 0 bridgehead atoms. The van der Waals surface area contributed by atoms with Crippen molar-refractivity contribution in [3.8, 4) is 0 Å². The molecule has 25 heavy (non-hydrogen) atoms. The highest BCUT2D eigenvalue weighted by molar-refractivity contribution is 6.50. The Morgan fingerprint density at radius 2 is 1.96 bits per heavy atom. The number of halogens is 1. The van der Waals surface area contributed by atoms with Gasteiger partial charge in [0.05, 0.1) is 21.5 Å². The number of nitrogens with one attached hydrogen (secondary N) is 1. The fraction of sp³-hybridized carbons (Fsp3) is 0.105. The van der Waals surface area contributed by atoms with E-state index < -0.39 is 5.97 Å². The first-order chi connectivity index (χ1) is 12.0. The first kappa shape index (κ1) is 16.9. The molecule has 5 nitrogen and oxygen atoms in total. The summed E-state index contributed by atoms with van der Waals surface area (Å²) in [5, 5.41) is 9.66. The lowest BCUT2D eigenvalue weighted by molar-refractivity contribution is 0.0697. The third-order valence-corrected chi connectivity index (χ3v) is 4.15. The maximum Gasteiger partial charge on any atom is 0.335 e. The van der Waals surface area contributed by atoms with Gasteiger partial charge in [0.15, 0.2) is 5.82 Å². The van der Waals surface area contributed by atoms with Crippen molar-refractivity contribution in [2.24, 2.45) is 0 Å². The molecular weight excluding hydrogens is 340 g/mol. The molecule has 3 aromatic rings. The summed E-state index contributed by atoms with van der Waals surface area (Å²) in [4.78, 5) is 30.2. The van der Waals surface area contributed by atoms with Crippen LogP contribution in [0, 0.1) is 0 Å². The van der Waals surface area contributed by atoms with Crippen molar-refractivity contribution in [2.45, 2.75) is 13.3 Å². The Hall–Kier alpha value is -2.92. The molecule has 0 saturated carbocycles. The van der Waals surface area contributed by atoms with Gasteiger partial charge in [0.1, 0.15) is 0 Å². The second-order valence-electron chi connectivity index (χ2n) is 5.54. The van der Waals surface area contributed by atoms with Gasteiger partial charge in [-0.15, -0.1) is 0 Å². The summed E-state index contributed by atoms with van der Waals surface area (Å²) >= 11 is 6.30. The number of rotatable bonds is 4. The van der Waals surface area contributed by atoms with E-state index in [-0.39, 0.29) is 27.5 Å². The maximum atomic E-state index is 12.2. The summed E-state index contributed by atoms with van der Waals surface area (Å²) in [5.41, 5.74) is 2.07. The molecule has 0 aliphatic carbocycles. The molecule has 0 aliphatic heterocycles. The Bertz CT molecular complexity index is 1040. The summed E-state index contributed by atoms with van der Waals surface area (Å²) in [6.45, 7) is 2.08. The minimum atomic E-state index is -1.08. The second-order valence-corrected chi connectivity index (χ2v) is 5.95. The molecule has 6 heteroatoms. The van der Waals surface area contributed by atoms with Gasteiger partial charge in [-0.25, -0.2) is 9.78 Å². The molecule has 1 aromatic heterocycles. The lowest BCUT2D eigenvalue weighted by Crippen LogP contribution is -2.11. The van der Waals surface area contributed by atoms with Crippen LogP contribution in [0.5, 0.6) is 0 Å². The highest BCUT2D eigenvalue weighted by Crippen LogP contribution is 2.20. The molecule has 0 unspecified atom stereocenters. The predicted octanol–water partition coefficient (Wildman–Crippen LogP) is 3.92. The van der Waals surface area contributed by atoms with Crippen molar-refractivity contribution < 1.29 is 9.90 Å². The van der Waals surface area contributed by atoms with Gasteiger partial charge in [0.2, 0.25) is 0 Å². The fourth-order valence-electron chi connectivity index (χ4n) is 2.45. The van der Waals surface area contributed by atoms with Crippen LogP contribution in [0.2, 0.25) is 0 Å². The van der Waals surface area contributed by atoms with E-state index in [1.54, 1.807) is 6.08 Å². The van der Waals surface area contributed by atoms with Crippen LogP contribution >= 0.6 is 11.6 Å². The summed E-state index contributed by atoms with van der Waals surface area (Å²) < 4.78 is 0. The molecule has 2 N–H and O–H groups in total. The van der Waals surface area contributed by atoms with E-state index in [1.165, 1.54) is 23.8 Å². The number of carbonyl (C=O) groups is 1. The molecule has 0 fully saturated rings. The summed E-state index contributed by atoms with van der Waals surface area (Å²) in [7, 11) is 0. The molecule has 1 heterocycles. The Labute approximate surface area is 148 Å². The molecular formula is C19H15ClN2O3. The van der Waals surface area contributed by atoms with Crippen LogP contribution in [0.15, 0.2) is 47.3 Å². The highest BCUT2D eigenvalue weighted by Gasteiger charge is 2.10.